The molecule has 2 N–H and O–H groups in total. The first-order valence-corrected chi connectivity index (χ1v) is 7.09. The molecule has 0 amide bonds. The molecule has 0 aliphatic carbocycles. The zero-order valence-electron chi connectivity index (χ0n) is 11.9. The molecule has 102 valence electrons. The van der Waals surface area contributed by atoms with Gasteiger partial charge in [0.2, 0.25) is 0 Å². The fraction of sp³-hybridized carbons (Fsp3) is 0.235. The van der Waals surface area contributed by atoms with Crippen LogP contribution in [0.25, 0.3) is 16.7 Å². The van der Waals surface area contributed by atoms with Crippen LogP contribution >= 0.6 is 0 Å². The Bertz CT molecular complexity index is 756. The quantitative estimate of drug-likeness (QED) is 0.733. The molecule has 2 aromatic carbocycles. The maximum atomic E-state index is 5.86. The van der Waals surface area contributed by atoms with E-state index in [1.54, 1.807) is 0 Å². The zero-order chi connectivity index (χ0) is 14.1. The van der Waals surface area contributed by atoms with Gasteiger partial charge in [-0.1, -0.05) is 26.0 Å². The first kappa shape index (κ1) is 12.7. The standard InChI is InChI=1S/C17H19N3/c1-3-12-6-5-7-14(10-12)20-16-9-8-13(18)11-15(16)19-17(20)4-2/h5-11H,3-4,18H2,1-2H3. The van der Waals surface area contributed by atoms with Crippen LogP contribution in [0.5, 0.6) is 0 Å². The number of aromatic nitrogens is 2. The molecule has 0 radical (unpaired) electrons. The van der Waals surface area contributed by atoms with Crippen molar-refractivity contribution in [1.29, 1.82) is 0 Å². The smallest absolute Gasteiger partial charge is 0.114 e. The molecule has 0 aliphatic heterocycles. The minimum atomic E-state index is 0.757. The maximum Gasteiger partial charge on any atom is 0.114 e. The lowest BCUT2D eigenvalue weighted by Gasteiger charge is -2.09. The highest BCUT2D eigenvalue weighted by molar-refractivity contribution is 5.81. The minimum absolute atomic E-state index is 0.757. The molecule has 1 heterocycles. The first-order valence-electron chi connectivity index (χ1n) is 7.09. The third-order valence-corrected chi connectivity index (χ3v) is 3.64. The second-order valence-corrected chi connectivity index (χ2v) is 4.99. The van der Waals surface area contributed by atoms with Gasteiger partial charge in [0.15, 0.2) is 0 Å². The molecule has 0 saturated carbocycles. The number of aryl methyl sites for hydroxylation is 2. The molecule has 1 aromatic heterocycles. The minimum Gasteiger partial charge on any atom is -0.399 e. The maximum absolute atomic E-state index is 5.86. The molecular formula is C17H19N3. The van der Waals surface area contributed by atoms with Crippen molar-refractivity contribution in [2.45, 2.75) is 26.7 Å². The predicted molar refractivity (Wildman–Crippen MR) is 84.2 cm³/mol. The number of hydrogen-bond donors (Lipinski definition) is 1. The van der Waals surface area contributed by atoms with Gasteiger partial charge in [0.1, 0.15) is 5.82 Å². The fourth-order valence-corrected chi connectivity index (χ4v) is 2.59. The summed E-state index contributed by atoms with van der Waals surface area (Å²) in [5, 5.41) is 0. The third kappa shape index (κ3) is 2.05. The summed E-state index contributed by atoms with van der Waals surface area (Å²) in [6.45, 7) is 4.30. The van der Waals surface area contributed by atoms with Crippen molar-refractivity contribution in [3.05, 3.63) is 53.9 Å². The average molecular weight is 265 g/mol. The Kier molecular flexibility index (Phi) is 3.18. The van der Waals surface area contributed by atoms with Gasteiger partial charge in [0, 0.05) is 17.8 Å². The van der Waals surface area contributed by atoms with Crippen molar-refractivity contribution in [2.24, 2.45) is 0 Å². The highest BCUT2D eigenvalue weighted by Gasteiger charge is 2.11. The number of imidazole rings is 1. The summed E-state index contributed by atoms with van der Waals surface area (Å²) >= 11 is 0. The summed E-state index contributed by atoms with van der Waals surface area (Å²) in [6, 6.07) is 14.6. The summed E-state index contributed by atoms with van der Waals surface area (Å²) in [5.74, 6) is 1.07. The summed E-state index contributed by atoms with van der Waals surface area (Å²) in [5.41, 5.74) is 11.2. The fourth-order valence-electron chi connectivity index (χ4n) is 2.59. The van der Waals surface area contributed by atoms with Crippen molar-refractivity contribution in [3.8, 4) is 5.69 Å². The van der Waals surface area contributed by atoms with Gasteiger partial charge in [-0.2, -0.15) is 0 Å². The lowest BCUT2D eigenvalue weighted by atomic mass is 10.1. The monoisotopic (exact) mass is 265 g/mol. The van der Waals surface area contributed by atoms with E-state index in [4.69, 9.17) is 10.7 Å². The zero-order valence-corrected chi connectivity index (χ0v) is 11.9. The van der Waals surface area contributed by atoms with Crippen molar-refractivity contribution >= 4 is 16.7 Å². The highest BCUT2D eigenvalue weighted by Crippen LogP contribution is 2.24. The Morgan fingerprint density at radius 3 is 2.65 bits per heavy atom. The van der Waals surface area contributed by atoms with Crippen LogP contribution in [0.2, 0.25) is 0 Å². The van der Waals surface area contributed by atoms with E-state index in [1.807, 2.05) is 12.1 Å². The van der Waals surface area contributed by atoms with Crippen LogP contribution in [0.3, 0.4) is 0 Å². The van der Waals surface area contributed by atoms with Crippen molar-refractivity contribution in [1.82, 2.24) is 9.55 Å². The Hall–Kier alpha value is -2.29. The van der Waals surface area contributed by atoms with E-state index >= 15 is 0 Å². The topological polar surface area (TPSA) is 43.8 Å². The second kappa shape index (κ2) is 5.00. The van der Waals surface area contributed by atoms with Crippen molar-refractivity contribution in [2.75, 3.05) is 5.73 Å². The SMILES string of the molecule is CCc1cccc(-n2c(CC)nc3cc(N)ccc32)c1. The molecule has 3 nitrogen and oxygen atoms in total. The summed E-state index contributed by atoms with van der Waals surface area (Å²) in [7, 11) is 0. The van der Waals surface area contributed by atoms with Crippen LogP contribution in [0.1, 0.15) is 25.2 Å². The normalized spacial score (nSPS) is 11.1. The van der Waals surface area contributed by atoms with Crippen LogP contribution < -0.4 is 5.73 Å². The number of anilines is 1. The molecule has 20 heavy (non-hydrogen) atoms. The van der Waals surface area contributed by atoms with Gasteiger partial charge < -0.3 is 5.73 Å². The molecule has 0 spiro atoms. The van der Waals surface area contributed by atoms with Crippen molar-refractivity contribution < 1.29 is 0 Å². The predicted octanol–water partition coefficient (Wildman–Crippen LogP) is 3.73. The molecule has 0 fully saturated rings. The van der Waals surface area contributed by atoms with E-state index in [0.29, 0.717) is 0 Å². The van der Waals surface area contributed by atoms with Gasteiger partial charge in [0.05, 0.1) is 11.0 Å². The lowest BCUT2D eigenvalue weighted by molar-refractivity contribution is 0.906. The van der Waals surface area contributed by atoms with Crippen LogP contribution in [-0.4, -0.2) is 9.55 Å². The van der Waals surface area contributed by atoms with Crippen LogP contribution in [0.15, 0.2) is 42.5 Å². The molecule has 3 rings (SSSR count). The number of fused-ring (bicyclic) bond motifs is 1. The number of hydrogen-bond acceptors (Lipinski definition) is 2. The largest absolute Gasteiger partial charge is 0.399 e. The van der Waals surface area contributed by atoms with Crippen LogP contribution in [0, 0.1) is 0 Å². The number of nitrogen functional groups attached to an aromatic ring is 1. The lowest BCUT2D eigenvalue weighted by Crippen LogP contribution is -2.00. The van der Waals surface area contributed by atoms with E-state index in [2.05, 4.69) is 48.7 Å². The summed E-state index contributed by atoms with van der Waals surface area (Å²) in [4.78, 5) is 4.71. The van der Waals surface area contributed by atoms with E-state index in [-0.39, 0.29) is 0 Å². The third-order valence-electron chi connectivity index (χ3n) is 3.64. The molecule has 3 aromatic rings. The summed E-state index contributed by atoms with van der Waals surface area (Å²) < 4.78 is 2.23. The summed E-state index contributed by atoms with van der Waals surface area (Å²) in [6.07, 6.45) is 1.93. The van der Waals surface area contributed by atoms with Crippen molar-refractivity contribution in [3.63, 3.8) is 0 Å². The Balaban J connectivity index is 2.28. The molecule has 0 aliphatic rings. The Labute approximate surface area is 119 Å². The van der Waals surface area contributed by atoms with Gasteiger partial charge in [-0.15, -0.1) is 0 Å². The number of rotatable bonds is 3. The molecular weight excluding hydrogens is 246 g/mol. The molecule has 0 unspecified atom stereocenters. The molecule has 3 heteroatoms. The van der Waals surface area contributed by atoms with E-state index in [1.165, 1.54) is 11.3 Å². The van der Waals surface area contributed by atoms with E-state index < -0.39 is 0 Å². The second-order valence-electron chi connectivity index (χ2n) is 4.99. The van der Waals surface area contributed by atoms with Gasteiger partial charge >= 0.3 is 0 Å². The van der Waals surface area contributed by atoms with Gasteiger partial charge in [-0.3, -0.25) is 4.57 Å². The first-order chi connectivity index (χ1) is 9.72. The number of nitrogens with two attached hydrogens (primary N) is 1. The molecule has 0 bridgehead atoms. The highest BCUT2D eigenvalue weighted by atomic mass is 15.1. The Morgan fingerprint density at radius 2 is 1.90 bits per heavy atom. The number of nitrogens with zero attached hydrogens (tertiary/aromatic N) is 2. The van der Waals surface area contributed by atoms with Crippen LogP contribution in [-0.2, 0) is 12.8 Å². The molecule has 0 atom stereocenters. The van der Waals surface area contributed by atoms with Gasteiger partial charge in [0.25, 0.3) is 0 Å². The van der Waals surface area contributed by atoms with E-state index in [9.17, 15) is 0 Å². The van der Waals surface area contributed by atoms with Gasteiger partial charge in [-0.25, -0.2) is 4.98 Å². The Morgan fingerprint density at radius 1 is 1.05 bits per heavy atom. The average Bonchev–Trinajstić information content (AvgIpc) is 2.84. The van der Waals surface area contributed by atoms with Gasteiger partial charge in [-0.05, 0) is 42.3 Å². The van der Waals surface area contributed by atoms with E-state index in [0.717, 1.165) is 35.4 Å². The number of benzene rings is 2. The van der Waals surface area contributed by atoms with Crippen LogP contribution in [0.4, 0.5) is 5.69 Å². The molecule has 0 saturated heterocycles.